The third kappa shape index (κ3) is 2.70. The topological polar surface area (TPSA) is 33.1 Å². The Labute approximate surface area is 118 Å². The van der Waals surface area contributed by atoms with Gasteiger partial charge in [-0.05, 0) is 30.2 Å². The number of aryl methyl sites for hydroxylation is 1. The minimum atomic E-state index is -0.519. The molecule has 0 aliphatic carbocycles. The highest BCUT2D eigenvalue weighted by Gasteiger charge is 2.09. The van der Waals surface area contributed by atoms with Crippen molar-refractivity contribution in [3.63, 3.8) is 0 Å². The summed E-state index contributed by atoms with van der Waals surface area (Å²) in [6.45, 7) is 2.06. The number of para-hydroxylation sites is 1. The van der Waals surface area contributed by atoms with Crippen LogP contribution < -0.4 is 0 Å². The van der Waals surface area contributed by atoms with Crippen molar-refractivity contribution in [3.05, 3.63) is 77.5 Å². The molecule has 1 heterocycles. The molecule has 0 aliphatic rings. The normalized spacial score (nSPS) is 12.5. The third-order valence-electron chi connectivity index (χ3n) is 3.55. The Bertz CT molecular complexity index is 719. The van der Waals surface area contributed by atoms with E-state index in [9.17, 15) is 5.11 Å². The van der Waals surface area contributed by atoms with Gasteiger partial charge in [-0.3, -0.25) is 4.98 Å². The second-order valence-electron chi connectivity index (χ2n) is 5.17. The van der Waals surface area contributed by atoms with E-state index >= 15 is 0 Å². The first-order valence-electron chi connectivity index (χ1n) is 6.81. The van der Waals surface area contributed by atoms with Crippen LogP contribution in [0.25, 0.3) is 10.9 Å². The SMILES string of the molecule is Cc1ccc(CC(O)c2cnc3ccccc3c2)cc1. The van der Waals surface area contributed by atoms with E-state index in [-0.39, 0.29) is 0 Å². The summed E-state index contributed by atoms with van der Waals surface area (Å²) in [4.78, 5) is 4.40. The average Bonchev–Trinajstić information content (AvgIpc) is 2.49. The predicted octanol–water partition coefficient (Wildman–Crippen LogP) is 3.82. The van der Waals surface area contributed by atoms with E-state index in [1.807, 2.05) is 30.3 Å². The van der Waals surface area contributed by atoms with Crippen LogP contribution in [0.3, 0.4) is 0 Å². The number of benzene rings is 2. The first-order valence-corrected chi connectivity index (χ1v) is 6.81. The smallest absolute Gasteiger partial charge is 0.0845 e. The first kappa shape index (κ1) is 12.8. The van der Waals surface area contributed by atoms with E-state index in [2.05, 4.69) is 36.2 Å². The monoisotopic (exact) mass is 263 g/mol. The van der Waals surface area contributed by atoms with Crippen LogP contribution in [0, 0.1) is 6.92 Å². The number of aliphatic hydroxyl groups excluding tert-OH is 1. The van der Waals surface area contributed by atoms with E-state index in [0.29, 0.717) is 6.42 Å². The summed E-state index contributed by atoms with van der Waals surface area (Å²) in [7, 11) is 0. The van der Waals surface area contributed by atoms with Gasteiger partial charge in [0.15, 0.2) is 0 Å². The number of rotatable bonds is 3. The van der Waals surface area contributed by atoms with Crippen molar-refractivity contribution in [1.29, 1.82) is 0 Å². The van der Waals surface area contributed by atoms with E-state index in [1.54, 1.807) is 6.20 Å². The van der Waals surface area contributed by atoms with Gasteiger partial charge in [-0.1, -0.05) is 48.0 Å². The molecule has 0 fully saturated rings. The standard InChI is InChI=1S/C18H17NO/c1-13-6-8-14(9-7-13)10-18(20)16-11-15-4-2-3-5-17(15)19-12-16/h2-9,11-12,18,20H,10H2,1H3. The van der Waals surface area contributed by atoms with Gasteiger partial charge in [0.25, 0.3) is 0 Å². The molecule has 2 aromatic carbocycles. The van der Waals surface area contributed by atoms with Gasteiger partial charge < -0.3 is 5.11 Å². The Morgan fingerprint density at radius 1 is 1.05 bits per heavy atom. The van der Waals surface area contributed by atoms with Gasteiger partial charge in [-0.2, -0.15) is 0 Å². The Kier molecular flexibility index (Phi) is 3.48. The number of hydrogen-bond donors (Lipinski definition) is 1. The minimum absolute atomic E-state index is 0.519. The summed E-state index contributed by atoms with van der Waals surface area (Å²) in [5, 5.41) is 11.4. The number of aromatic nitrogens is 1. The van der Waals surface area contributed by atoms with Crippen LogP contribution in [0.2, 0.25) is 0 Å². The summed E-state index contributed by atoms with van der Waals surface area (Å²) in [5.74, 6) is 0. The molecule has 1 atom stereocenters. The number of aliphatic hydroxyl groups is 1. The Morgan fingerprint density at radius 3 is 2.60 bits per heavy atom. The zero-order chi connectivity index (χ0) is 13.9. The van der Waals surface area contributed by atoms with Crippen molar-refractivity contribution in [2.75, 3.05) is 0 Å². The summed E-state index contributed by atoms with van der Waals surface area (Å²) >= 11 is 0. The maximum absolute atomic E-state index is 10.4. The van der Waals surface area contributed by atoms with Crippen molar-refractivity contribution in [1.82, 2.24) is 4.98 Å². The lowest BCUT2D eigenvalue weighted by molar-refractivity contribution is 0.178. The highest BCUT2D eigenvalue weighted by Crippen LogP contribution is 2.21. The third-order valence-corrected chi connectivity index (χ3v) is 3.55. The molecule has 1 N–H and O–H groups in total. The Morgan fingerprint density at radius 2 is 1.80 bits per heavy atom. The van der Waals surface area contributed by atoms with Gasteiger partial charge in [0, 0.05) is 18.0 Å². The highest BCUT2D eigenvalue weighted by molar-refractivity contribution is 5.78. The lowest BCUT2D eigenvalue weighted by Gasteiger charge is -2.11. The van der Waals surface area contributed by atoms with Gasteiger partial charge in [0.2, 0.25) is 0 Å². The molecule has 0 amide bonds. The van der Waals surface area contributed by atoms with Crippen LogP contribution in [0.5, 0.6) is 0 Å². The van der Waals surface area contributed by atoms with Gasteiger partial charge in [0.05, 0.1) is 11.6 Å². The molecule has 100 valence electrons. The molecule has 2 nitrogen and oxygen atoms in total. The molecule has 0 bridgehead atoms. The van der Waals surface area contributed by atoms with E-state index in [0.717, 1.165) is 22.0 Å². The first-order chi connectivity index (χ1) is 9.72. The predicted molar refractivity (Wildman–Crippen MR) is 81.6 cm³/mol. The molecule has 3 aromatic rings. The summed E-state index contributed by atoms with van der Waals surface area (Å²) < 4.78 is 0. The zero-order valence-corrected chi connectivity index (χ0v) is 11.5. The fourth-order valence-electron chi connectivity index (χ4n) is 2.34. The molecule has 0 radical (unpaired) electrons. The second-order valence-corrected chi connectivity index (χ2v) is 5.17. The highest BCUT2D eigenvalue weighted by atomic mass is 16.3. The Balaban J connectivity index is 1.84. The van der Waals surface area contributed by atoms with Crippen LogP contribution >= 0.6 is 0 Å². The molecule has 2 heteroatoms. The molecule has 0 spiro atoms. The summed E-state index contributed by atoms with van der Waals surface area (Å²) in [6, 6.07) is 18.2. The molecule has 0 saturated carbocycles. The second kappa shape index (κ2) is 5.43. The van der Waals surface area contributed by atoms with Crippen LogP contribution in [0.4, 0.5) is 0 Å². The summed E-state index contributed by atoms with van der Waals surface area (Å²) in [6.07, 6.45) is 1.86. The molecule has 0 saturated heterocycles. The largest absolute Gasteiger partial charge is 0.388 e. The Hall–Kier alpha value is -2.19. The molecule has 3 rings (SSSR count). The minimum Gasteiger partial charge on any atom is -0.388 e. The van der Waals surface area contributed by atoms with E-state index < -0.39 is 6.10 Å². The van der Waals surface area contributed by atoms with Gasteiger partial charge >= 0.3 is 0 Å². The lowest BCUT2D eigenvalue weighted by Crippen LogP contribution is -2.02. The fourth-order valence-corrected chi connectivity index (χ4v) is 2.34. The number of pyridine rings is 1. The molecule has 1 aromatic heterocycles. The average molecular weight is 263 g/mol. The fraction of sp³-hybridized carbons (Fsp3) is 0.167. The van der Waals surface area contributed by atoms with Gasteiger partial charge in [-0.15, -0.1) is 0 Å². The molecule has 20 heavy (non-hydrogen) atoms. The van der Waals surface area contributed by atoms with Crippen LogP contribution in [-0.2, 0) is 6.42 Å². The number of fused-ring (bicyclic) bond motifs is 1. The molecule has 0 aliphatic heterocycles. The van der Waals surface area contributed by atoms with E-state index in [1.165, 1.54) is 5.56 Å². The van der Waals surface area contributed by atoms with Crippen LogP contribution in [0.15, 0.2) is 60.8 Å². The molecule has 1 unspecified atom stereocenters. The molecular formula is C18H17NO. The van der Waals surface area contributed by atoms with Crippen molar-refractivity contribution < 1.29 is 5.11 Å². The maximum atomic E-state index is 10.4. The van der Waals surface area contributed by atoms with Crippen LogP contribution in [0.1, 0.15) is 22.8 Å². The quantitative estimate of drug-likeness (QED) is 0.779. The van der Waals surface area contributed by atoms with Crippen molar-refractivity contribution >= 4 is 10.9 Å². The zero-order valence-electron chi connectivity index (χ0n) is 11.5. The van der Waals surface area contributed by atoms with Gasteiger partial charge in [-0.25, -0.2) is 0 Å². The van der Waals surface area contributed by atoms with Crippen LogP contribution in [-0.4, -0.2) is 10.1 Å². The molecular weight excluding hydrogens is 246 g/mol. The number of nitrogens with zero attached hydrogens (tertiary/aromatic N) is 1. The van der Waals surface area contributed by atoms with Crippen molar-refractivity contribution in [2.24, 2.45) is 0 Å². The van der Waals surface area contributed by atoms with E-state index in [4.69, 9.17) is 0 Å². The van der Waals surface area contributed by atoms with Crippen molar-refractivity contribution in [3.8, 4) is 0 Å². The lowest BCUT2D eigenvalue weighted by atomic mass is 10.0. The maximum Gasteiger partial charge on any atom is 0.0845 e. The summed E-state index contributed by atoms with van der Waals surface area (Å²) in [5.41, 5.74) is 4.19. The number of hydrogen-bond acceptors (Lipinski definition) is 2. The van der Waals surface area contributed by atoms with Gasteiger partial charge in [0.1, 0.15) is 0 Å². The van der Waals surface area contributed by atoms with Crippen molar-refractivity contribution in [2.45, 2.75) is 19.4 Å².